The number of halogens is 3. The fraction of sp³-hybridized carbons (Fsp3) is 0.197. The van der Waals surface area contributed by atoms with Crippen LogP contribution in [0.5, 0.6) is 0 Å². The van der Waals surface area contributed by atoms with Crippen molar-refractivity contribution >= 4 is 108 Å². The number of anilines is 11. The van der Waals surface area contributed by atoms with Crippen molar-refractivity contribution in [1.29, 1.82) is 0 Å². The van der Waals surface area contributed by atoms with Crippen LogP contribution in [0.3, 0.4) is 0 Å². The fourth-order valence-corrected chi connectivity index (χ4v) is 7.69. The minimum atomic E-state index is -4.33. The Morgan fingerprint density at radius 1 is 0.655 bits per heavy atom. The molecule has 0 spiro atoms. The van der Waals surface area contributed by atoms with Gasteiger partial charge in [-0.05, 0) is 202 Å². The summed E-state index contributed by atoms with van der Waals surface area (Å²) in [5.41, 5.74) is 58.0. The number of carbonyl (C=O) groups is 1. The summed E-state index contributed by atoms with van der Waals surface area (Å²) in [5.74, 6) is 0.429. The summed E-state index contributed by atoms with van der Waals surface area (Å²) in [5, 5.41) is 7.56. The summed E-state index contributed by atoms with van der Waals surface area (Å²) in [7, 11) is 0. The van der Waals surface area contributed by atoms with Gasteiger partial charge in [0.15, 0.2) is 5.82 Å². The SMILES string of the molecule is CC(C)(C)OC(=O)Nc1ccc(N)cc1.Cc1cc(N)ccc1N.Nc1ccc(C(F)(F)F)cn1.Nc1ccc(N2CCCCC2)cc1.Nc1ccc(N=O)c(N)n1.Nc1ccc2c(c1)CC=N2.Nc1ccc2oc(=O)c3ccccc3c2c1. The molecule has 0 bridgehead atoms. The highest BCUT2D eigenvalue weighted by Crippen LogP contribution is 2.29. The van der Waals surface area contributed by atoms with Gasteiger partial charge in [0, 0.05) is 82.8 Å². The number of nitrogens with one attached hydrogen (secondary N) is 1. The van der Waals surface area contributed by atoms with Crippen LogP contribution in [0.15, 0.2) is 177 Å². The average Bonchev–Trinajstić information content (AvgIpc) is 3.35. The number of piperidine rings is 1. The second kappa shape index (κ2) is 30.3. The highest BCUT2D eigenvalue weighted by Gasteiger charge is 2.30. The lowest BCUT2D eigenvalue weighted by molar-refractivity contribution is -0.137. The lowest BCUT2D eigenvalue weighted by Gasteiger charge is -2.28. The van der Waals surface area contributed by atoms with E-state index < -0.39 is 23.4 Å². The lowest BCUT2D eigenvalue weighted by Crippen LogP contribution is -2.29. The van der Waals surface area contributed by atoms with Crippen LogP contribution in [0.4, 0.5) is 92.3 Å². The molecule has 2 aliphatic rings. The Morgan fingerprint density at radius 3 is 1.82 bits per heavy atom. The molecular weight excluding hydrogens is 1080 g/mol. The molecule has 0 aliphatic carbocycles. The van der Waals surface area contributed by atoms with Crippen molar-refractivity contribution in [3.63, 3.8) is 0 Å². The van der Waals surface area contributed by atoms with Gasteiger partial charge < -0.3 is 65.7 Å². The first-order valence-electron chi connectivity index (χ1n) is 26.1. The zero-order valence-electron chi connectivity index (χ0n) is 46.9. The van der Waals surface area contributed by atoms with Crippen LogP contribution in [0.2, 0.25) is 0 Å². The van der Waals surface area contributed by atoms with Gasteiger partial charge in [0.25, 0.3) is 0 Å². The van der Waals surface area contributed by atoms with Gasteiger partial charge in [0.2, 0.25) is 0 Å². The number of nitroso groups, excluding NO2 is 1. The van der Waals surface area contributed by atoms with E-state index in [0.29, 0.717) is 34.2 Å². The standard InChI is InChI=1S/C13H9NO2.C11H16N2O2.C11H16N2.C8H8N2.C7H10N2.C6H5F3N2.C5H6N4O/c14-8-5-6-12-11(7-8)9-3-1-2-4-10(9)13(15)16-12;1-11(2,3)15-10(14)13-9-6-4-8(12)5-7-9;12-10-4-6-11(7-5-10)13-8-2-1-3-9-13;9-7-1-2-8-6(5-7)3-4-10-8;1-5-4-6(8)2-3-7(5)9;7-6(8,9)4-1-2-5(10)11-3-4;6-4-2-1-3(9-10)5(7)8-4/h1-7H,14H2;4-7H,12H2,1-3H3,(H,13,14);4-7H,1-3,8-9,12H2;1-2,4-5H,3,9H2;2-4H,8-9H2,1H3;1-3H,(H2,10,11);1-2H,(H4,6,7,8). The van der Waals surface area contributed by atoms with E-state index in [1.54, 1.807) is 48.5 Å². The summed E-state index contributed by atoms with van der Waals surface area (Å²) in [6.45, 7) is 9.78. The molecule has 0 unspecified atom stereocenters. The van der Waals surface area contributed by atoms with E-state index in [4.69, 9.17) is 60.8 Å². The third kappa shape index (κ3) is 21.1. The van der Waals surface area contributed by atoms with Crippen LogP contribution in [-0.2, 0) is 17.3 Å². The van der Waals surface area contributed by atoms with Gasteiger partial charge in [-0.25, -0.2) is 19.6 Å². The number of nitrogens with two attached hydrogens (primary N) is 9. The molecule has 1 amide bonds. The molecule has 6 aromatic carbocycles. The maximum atomic E-state index is 11.8. The Balaban J connectivity index is 0.000000181. The Hall–Kier alpha value is -10.6. The molecule has 9 aromatic rings. The second-order valence-corrected chi connectivity index (χ2v) is 19.8. The topological polar surface area (TPSA) is 374 Å². The summed E-state index contributed by atoms with van der Waals surface area (Å²) >= 11 is 0. The van der Waals surface area contributed by atoms with E-state index in [9.17, 15) is 27.7 Å². The normalized spacial score (nSPS) is 12.0. The van der Waals surface area contributed by atoms with Gasteiger partial charge in [0.05, 0.1) is 16.6 Å². The maximum absolute atomic E-state index is 11.8. The number of carbonyl (C=O) groups excluding carboxylic acids is 1. The van der Waals surface area contributed by atoms with Crippen molar-refractivity contribution in [2.45, 2.75) is 65.2 Å². The zero-order chi connectivity index (χ0) is 61.6. The zero-order valence-corrected chi connectivity index (χ0v) is 46.9. The number of aryl methyl sites for hydroxylation is 1. The number of ether oxygens (including phenoxy) is 1. The number of benzene rings is 6. The summed E-state index contributed by atoms with van der Waals surface area (Å²) in [4.78, 5) is 46.5. The highest BCUT2D eigenvalue weighted by molar-refractivity contribution is 6.05. The Kier molecular flexibility index (Phi) is 23.2. The Labute approximate surface area is 483 Å². The van der Waals surface area contributed by atoms with Crippen LogP contribution in [0.1, 0.15) is 56.7 Å². The molecule has 19 N–H and O–H groups in total. The van der Waals surface area contributed by atoms with E-state index >= 15 is 0 Å². The first-order valence-corrected chi connectivity index (χ1v) is 26.1. The number of pyridine rings is 2. The molecule has 1 fully saturated rings. The van der Waals surface area contributed by atoms with Crippen LogP contribution in [0.25, 0.3) is 21.7 Å². The number of alkyl halides is 3. The van der Waals surface area contributed by atoms with E-state index in [1.165, 1.54) is 55.7 Å². The molecule has 0 saturated carbocycles. The number of fused-ring (bicyclic) bond motifs is 4. The van der Waals surface area contributed by atoms with Crippen LogP contribution >= 0.6 is 0 Å². The number of nitrogens with zero attached hydrogens (tertiary/aromatic N) is 5. The number of hydrogen-bond donors (Lipinski definition) is 10. The van der Waals surface area contributed by atoms with Gasteiger partial charge in [-0.15, -0.1) is 4.91 Å². The van der Waals surface area contributed by atoms with Crippen molar-refractivity contribution in [1.82, 2.24) is 9.97 Å². The van der Waals surface area contributed by atoms with Crippen molar-refractivity contribution in [3.05, 3.63) is 190 Å². The fourth-order valence-electron chi connectivity index (χ4n) is 7.69. The molecular formula is C61H70F3N15O5. The van der Waals surface area contributed by atoms with E-state index in [-0.39, 0.29) is 28.8 Å². The third-order valence-corrected chi connectivity index (χ3v) is 11.9. The summed E-state index contributed by atoms with van der Waals surface area (Å²) < 4.78 is 45.8. The maximum Gasteiger partial charge on any atom is 0.417 e. The molecule has 11 rings (SSSR count). The first-order chi connectivity index (χ1) is 39.8. The van der Waals surface area contributed by atoms with Crippen LogP contribution in [0, 0.1) is 11.8 Å². The molecule has 1 saturated heterocycles. The predicted molar refractivity (Wildman–Crippen MR) is 337 cm³/mol. The number of rotatable bonds is 3. The molecule has 0 atom stereocenters. The number of aromatic nitrogens is 2. The van der Waals surface area contributed by atoms with Gasteiger partial charge in [-0.1, -0.05) is 18.2 Å². The molecule has 84 heavy (non-hydrogen) atoms. The summed E-state index contributed by atoms with van der Waals surface area (Å²) in [6.07, 6.45) is 2.77. The molecule has 5 heterocycles. The number of hydrogen-bond acceptors (Lipinski definition) is 19. The number of amides is 1. The van der Waals surface area contributed by atoms with Crippen LogP contribution < -0.4 is 67.4 Å². The minimum absolute atomic E-state index is 0.0648. The monoisotopic (exact) mass is 1150 g/mol. The first kappa shape index (κ1) is 64.2. The smallest absolute Gasteiger partial charge is 0.417 e. The van der Waals surface area contributed by atoms with Crippen LogP contribution in [-0.4, -0.2) is 41.0 Å². The highest BCUT2D eigenvalue weighted by atomic mass is 19.4. The molecule has 440 valence electrons. The van der Waals surface area contributed by atoms with Gasteiger partial charge in [0.1, 0.15) is 28.5 Å². The van der Waals surface area contributed by atoms with E-state index in [0.717, 1.165) is 63.3 Å². The second-order valence-electron chi connectivity index (χ2n) is 19.8. The minimum Gasteiger partial charge on any atom is -0.444 e. The van der Waals surface area contributed by atoms with Gasteiger partial charge in [-0.3, -0.25) is 10.3 Å². The molecule has 20 nitrogen and oxygen atoms in total. The van der Waals surface area contributed by atoms with Gasteiger partial charge in [-0.2, -0.15) is 13.2 Å². The number of nitrogen functional groups attached to an aromatic ring is 9. The van der Waals surface area contributed by atoms with E-state index in [2.05, 4.69) is 42.5 Å². The van der Waals surface area contributed by atoms with Crippen molar-refractivity contribution in [3.8, 4) is 0 Å². The number of aliphatic imine (C=N–C) groups is 1. The van der Waals surface area contributed by atoms with E-state index in [1.807, 2.05) is 101 Å². The van der Waals surface area contributed by atoms with Crippen molar-refractivity contribution < 1.29 is 27.1 Å². The quantitative estimate of drug-likeness (QED) is 0.0340. The molecule has 3 aromatic heterocycles. The molecule has 23 heteroatoms. The van der Waals surface area contributed by atoms with Crippen molar-refractivity contribution in [2.24, 2.45) is 10.2 Å². The van der Waals surface area contributed by atoms with Crippen molar-refractivity contribution in [2.75, 3.05) is 74.9 Å². The average molecular weight is 1150 g/mol. The lowest BCUT2D eigenvalue weighted by atomic mass is 10.1. The largest absolute Gasteiger partial charge is 0.444 e. The summed E-state index contributed by atoms with van der Waals surface area (Å²) in [6, 6.07) is 43.8. The molecule has 0 radical (unpaired) electrons. The predicted octanol–water partition coefficient (Wildman–Crippen LogP) is 12.4. The molecule has 2 aliphatic heterocycles. The third-order valence-electron chi connectivity index (χ3n) is 11.9. The van der Waals surface area contributed by atoms with Gasteiger partial charge >= 0.3 is 17.9 Å². The Bertz CT molecular complexity index is 3680. The Morgan fingerprint density at radius 2 is 1.24 bits per heavy atom.